The predicted molar refractivity (Wildman–Crippen MR) is 89.7 cm³/mol. The summed E-state index contributed by atoms with van der Waals surface area (Å²) in [6.07, 6.45) is 1.22. The maximum atomic E-state index is 11.8. The highest BCUT2D eigenvalue weighted by molar-refractivity contribution is 9.10. The van der Waals surface area contributed by atoms with Crippen LogP contribution in [0.25, 0.3) is 11.3 Å². The normalized spacial score (nSPS) is 16.4. The predicted octanol–water partition coefficient (Wildman–Crippen LogP) is 2.97. The average Bonchev–Trinajstić information content (AvgIpc) is 2.95. The Balaban J connectivity index is 1.74. The summed E-state index contributed by atoms with van der Waals surface area (Å²) in [4.78, 5) is 23.7. The molecule has 0 unspecified atom stereocenters. The molecule has 8 heteroatoms. The molecule has 0 atom stereocenters. The number of anilines is 1. The molecule has 3 rings (SSSR count). The molecule has 2 N–H and O–H groups in total. The van der Waals surface area contributed by atoms with Crippen LogP contribution in [0.1, 0.15) is 13.8 Å². The Bertz CT molecular complexity index is 802. The zero-order valence-corrected chi connectivity index (χ0v) is 14.5. The largest absolute Gasteiger partial charge is 0.419 e. The van der Waals surface area contributed by atoms with Crippen molar-refractivity contribution >= 4 is 33.7 Å². The van der Waals surface area contributed by atoms with Crippen LogP contribution >= 0.6 is 15.9 Å². The first-order chi connectivity index (χ1) is 11.3. The first kappa shape index (κ1) is 16.3. The third kappa shape index (κ3) is 3.48. The maximum absolute atomic E-state index is 11.8. The van der Waals surface area contributed by atoms with E-state index < -0.39 is 17.7 Å². The molecule has 7 nitrogen and oxygen atoms in total. The van der Waals surface area contributed by atoms with Crippen molar-refractivity contribution in [3.05, 3.63) is 46.6 Å². The van der Waals surface area contributed by atoms with E-state index in [1.807, 2.05) is 24.3 Å². The number of carbonyl (C=O) groups is 2. The van der Waals surface area contributed by atoms with Crippen molar-refractivity contribution in [1.29, 1.82) is 0 Å². The number of carbonyl (C=O) groups excluding carboxylic acids is 2. The van der Waals surface area contributed by atoms with Crippen LogP contribution in [0.3, 0.4) is 0 Å². The Kier molecular flexibility index (Phi) is 4.15. The number of hydrogen-bond acceptors (Lipinski definition) is 6. The number of esters is 2. The second-order valence-electron chi connectivity index (χ2n) is 5.55. The van der Waals surface area contributed by atoms with E-state index in [1.54, 1.807) is 6.07 Å². The van der Waals surface area contributed by atoms with Crippen LogP contribution in [0.15, 0.2) is 46.6 Å². The van der Waals surface area contributed by atoms with Gasteiger partial charge in [-0.05, 0) is 17.7 Å². The minimum atomic E-state index is -1.26. The molecule has 0 saturated carbocycles. The molecule has 1 aromatic heterocycles. The third-order valence-electron chi connectivity index (χ3n) is 3.21. The second kappa shape index (κ2) is 6.12. The fraction of sp³-hybridized carbons (Fsp3) is 0.188. The van der Waals surface area contributed by atoms with Crippen LogP contribution in [-0.2, 0) is 19.1 Å². The van der Waals surface area contributed by atoms with Gasteiger partial charge in [0.25, 0.3) is 5.79 Å². The number of rotatable bonds is 3. The van der Waals surface area contributed by atoms with Gasteiger partial charge < -0.3 is 14.8 Å². The average molecular weight is 392 g/mol. The van der Waals surface area contributed by atoms with E-state index in [9.17, 15) is 9.59 Å². The van der Waals surface area contributed by atoms with Crippen LogP contribution < -0.4 is 5.32 Å². The summed E-state index contributed by atoms with van der Waals surface area (Å²) in [5.74, 6) is -2.29. The van der Waals surface area contributed by atoms with E-state index in [0.717, 1.165) is 15.7 Å². The summed E-state index contributed by atoms with van der Waals surface area (Å²) in [6.45, 7) is 2.98. The lowest BCUT2D eigenvalue weighted by Crippen LogP contribution is -2.42. The quantitative estimate of drug-likeness (QED) is 0.474. The number of cyclic esters (lactones) is 2. The summed E-state index contributed by atoms with van der Waals surface area (Å²) in [5, 5.41) is 9.75. The number of hydrogen-bond donors (Lipinski definition) is 2. The Labute approximate surface area is 146 Å². The van der Waals surface area contributed by atoms with Crippen LogP contribution in [-0.4, -0.2) is 27.9 Å². The van der Waals surface area contributed by atoms with E-state index in [1.165, 1.54) is 20.0 Å². The molecule has 0 bridgehead atoms. The van der Waals surface area contributed by atoms with E-state index in [-0.39, 0.29) is 5.57 Å². The molecular formula is C16H14BrN3O4. The minimum absolute atomic E-state index is 0.220. The van der Waals surface area contributed by atoms with Gasteiger partial charge in [-0.25, -0.2) is 9.59 Å². The van der Waals surface area contributed by atoms with E-state index >= 15 is 0 Å². The highest BCUT2D eigenvalue weighted by Crippen LogP contribution is 2.24. The molecule has 2 aromatic rings. The highest BCUT2D eigenvalue weighted by atomic mass is 79.9. The molecule has 2 heterocycles. The first-order valence-electron chi connectivity index (χ1n) is 7.09. The number of ether oxygens (including phenoxy) is 2. The fourth-order valence-electron chi connectivity index (χ4n) is 2.10. The van der Waals surface area contributed by atoms with Gasteiger partial charge in [0, 0.05) is 30.6 Å². The Hall–Kier alpha value is -2.61. The van der Waals surface area contributed by atoms with Gasteiger partial charge in [-0.3, -0.25) is 5.10 Å². The third-order valence-corrected chi connectivity index (χ3v) is 3.74. The van der Waals surface area contributed by atoms with Crippen LogP contribution in [0.4, 0.5) is 5.82 Å². The topological polar surface area (TPSA) is 93.3 Å². The number of aromatic nitrogens is 2. The van der Waals surface area contributed by atoms with Gasteiger partial charge in [-0.15, -0.1) is 0 Å². The van der Waals surface area contributed by atoms with Gasteiger partial charge >= 0.3 is 11.9 Å². The van der Waals surface area contributed by atoms with Crippen molar-refractivity contribution in [1.82, 2.24) is 10.2 Å². The Morgan fingerprint density at radius 1 is 1.17 bits per heavy atom. The minimum Gasteiger partial charge on any atom is -0.419 e. The lowest BCUT2D eigenvalue weighted by molar-refractivity contribution is -0.222. The maximum Gasteiger partial charge on any atom is 0.350 e. The molecule has 0 spiro atoms. The number of nitrogens with one attached hydrogen (secondary N) is 2. The van der Waals surface area contributed by atoms with Crippen molar-refractivity contribution in [2.75, 3.05) is 5.32 Å². The van der Waals surface area contributed by atoms with Gasteiger partial charge in [0.1, 0.15) is 0 Å². The number of H-pyrrole nitrogens is 1. The first-order valence-corrected chi connectivity index (χ1v) is 7.88. The zero-order chi connectivity index (χ0) is 17.3. The van der Waals surface area contributed by atoms with Gasteiger partial charge in [0.15, 0.2) is 11.4 Å². The molecule has 1 aliphatic heterocycles. The van der Waals surface area contributed by atoms with Crippen molar-refractivity contribution in [2.45, 2.75) is 19.6 Å². The molecule has 124 valence electrons. The number of benzene rings is 1. The highest BCUT2D eigenvalue weighted by Gasteiger charge is 2.38. The standard InChI is InChI=1S/C16H14BrN3O4/c1-16(2)23-14(21)11(15(22)24-16)8-18-13-7-12(19-20-13)9-3-5-10(17)6-4-9/h3-8H,1-2H3,(H2,18,19,20). The molecule has 0 aliphatic carbocycles. The molecule has 1 aliphatic rings. The van der Waals surface area contributed by atoms with Gasteiger partial charge in [0.05, 0.1) is 5.69 Å². The fourth-order valence-corrected chi connectivity index (χ4v) is 2.36. The second-order valence-corrected chi connectivity index (χ2v) is 6.47. The summed E-state index contributed by atoms with van der Waals surface area (Å²) in [6, 6.07) is 9.45. The molecule has 1 fully saturated rings. The van der Waals surface area contributed by atoms with Gasteiger partial charge in [0.2, 0.25) is 0 Å². The van der Waals surface area contributed by atoms with E-state index in [0.29, 0.717) is 5.82 Å². The molecule has 24 heavy (non-hydrogen) atoms. The molecule has 1 aromatic carbocycles. The lowest BCUT2D eigenvalue weighted by atomic mass is 10.1. The van der Waals surface area contributed by atoms with Crippen molar-refractivity contribution in [3.63, 3.8) is 0 Å². The number of nitrogens with zero attached hydrogens (tertiary/aromatic N) is 1. The van der Waals surface area contributed by atoms with Crippen LogP contribution in [0.2, 0.25) is 0 Å². The van der Waals surface area contributed by atoms with Crippen molar-refractivity contribution < 1.29 is 19.1 Å². The van der Waals surface area contributed by atoms with Crippen molar-refractivity contribution in [3.8, 4) is 11.3 Å². The van der Waals surface area contributed by atoms with Crippen LogP contribution in [0.5, 0.6) is 0 Å². The van der Waals surface area contributed by atoms with Crippen molar-refractivity contribution in [2.24, 2.45) is 0 Å². The lowest BCUT2D eigenvalue weighted by Gasteiger charge is -2.29. The molecular weight excluding hydrogens is 378 g/mol. The number of aromatic amines is 1. The smallest absolute Gasteiger partial charge is 0.350 e. The Morgan fingerprint density at radius 2 is 1.79 bits per heavy atom. The SMILES string of the molecule is CC1(C)OC(=O)C(=CNc2cc(-c3ccc(Br)cc3)[nH]n2)C(=O)O1. The molecule has 0 amide bonds. The zero-order valence-electron chi connectivity index (χ0n) is 12.9. The van der Waals surface area contributed by atoms with E-state index in [2.05, 4.69) is 31.4 Å². The van der Waals surface area contributed by atoms with Gasteiger partial charge in [-0.2, -0.15) is 5.10 Å². The summed E-state index contributed by atoms with van der Waals surface area (Å²) in [7, 11) is 0. The Morgan fingerprint density at radius 3 is 2.42 bits per heavy atom. The van der Waals surface area contributed by atoms with Gasteiger partial charge in [-0.1, -0.05) is 28.1 Å². The summed E-state index contributed by atoms with van der Waals surface area (Å²) < 4.78 is 11.0. The molecule has 0 radical (unpaired) electrons. The summed E-state index contributed by atoms with van der Waals surface area (Å²) >= 11 is 3.38. The molecule has 1 saturated heterocycles. The van der Waals surface area contributed by atoms with E-state index in [4.69, 9.17) is 9.47 Å². The monoisotopic (exact) mass is 391 g/mol. The summed E-state index contributed by atoms with van der Waals surface area (Å²) in [5.41, 5.74) is 1.52. The van der Waals surface area contributed by atoms with Crippen LogP contribution in [0, 0.1) is 0 Å². The number of halogens is 1.